The highest BCUT2D eigenvalue weighted by Crippen LogP contribution is 2.30. The highest BCUT2D eigenvalue weighted by atomic mass is 16.5. The molecule has 2 heterocycles. The maximum absolute atomic E-state index is 12.9. The number of nitrogens with two attached hydrogens (primary N) is 1. The molecule has 8 nitrogen and oxygen atoms in total. The minimum absolute atomic E-state index is 0.153. The first kappa shape index (κ1) is 12.5. The molecule has 2 amide bonds. The number of amides is 2. The molecule has 2 aromatic carbocycles. The van der Waals surface area contributed by atoms with E-state index in [2.05, 4.69) is 20.6 Å². The minimum atomic E-state index is -2.84. The summed E-state index contributed by atoms with van der Waals surface area (Å²) in [6, 6.07) is 12.1. The normalized spacial score (nSPS) is 15.7. The molecule has 4 rings (SSSR count). The molecule has 0 fully saturated rings. The van der Waals surface area contributed by atoms with E-state index in [0.29, 0.717) is 16.6 Å². The third-order valence-corrected chi connectivity index (χ3v) is 4.40. The van der Waals surface area contributed by atoms with Crippen molar-refractivity contribution in [1.29, 1.82) is 0 Å². The highest BCUT2D eigenvalue weighted by molar-refractivity contribution is 6.06. The zero-order valence-corrected chi connectivity index (χ0v) is 16.0. The van der Waals surface area contributed by atoms with Gasteiger partial charge in [-0.25, -0.2) is 9.78 Å². The zero-order chi connectivity index (χ0) is 28.6. The molecule has 0 radical (unpaired) electrons. The lowest BCUT2D eigenvalue weighted by Crippen LogP contribution is -2.20. The van der Waals surface area contributed by atoms with Crippen LogP contribution in [-0.4, -0.2) is 30.1 Å². The van der Waals surface area contributed by atoms with Gasteiger partial charge >= 0.3 is 6.03 Å². The number of benzene rings is 2. The second-order valence-corrected chi connectivity index (χ2v) is 6.49. The topological polar surface area (TPSA) is 114 Å². The standard InChI is InChI=1S/C23H23N5O3/c1-30-16-6-7-21(31-2)20(13-16)28-23(29)27-19-5-3-4-18-17(19)12-15(26-18)10-14-8-9-25-22(24)11-14/h3-9,11-13,26H,10H2,1-2H3,(H2,24,25)(H2,27,28,29)/i1D3,2D3,10D2. The Balaban J connectivity index is 1.62. The second kappa shape index (κ2) is 8.66. The summed E-state index contributed by atoms with van der Waals surface area (Å²) >= 11 is 0. The fraction of sp³-hybridized carbons (Fsp3) is 0.130. The van der Waals surface area contributed by atoms with Crippen molar-refractivity contribution in [3.05, 3.63) is 72.1 Å². The summed E-state index contributed by atoms with van der Waals surface area (Å²) in [4.78, 5) is 19.8. The van der Waals surface area contributed by atoms with Crippen molar-refractivity contribution in [1.82, 2.24) is 9.97 Å². The fourth-order valence-electron chi connectivity index (χ4n) is 3.05. The smallest absolute Gasteiger partial charge is 0.323 e. The Morgan fingerprint density at radius 2 is 2.00 bits per heavy atom. The van der Waals surface area contributed by atoms with Crippen LogP contribution in [0.4, 0.5) is 22.0 Å². The summed E-state index contributed by atoms with van der Waals surface area (Å²) in [5.74, 6) is -0.226. The summed E-state index contributed by atoms with van der Waals surface area (Å²) in [6.07, 6.45) is -0.550. The van der Waals surface area contributed by atoms with Gasteiger partial charge in [-0.2, -0.15) is 0 Å². The maximum atomic E-state index is 12.9. The van der Waals surface area contributed by atoms with Gasteiger partial charge in [0, 0.05) is 38.0 Å². The molecule has 0 unspecified atom stereocenters. The van der Waals surface area contributed by atoms with E-state index >= 15 is 0 Å². The van der Waals surface area contributed by atoms with Crippen LogP contribution in [0.15, 0.2) is 60.8 Å². The predicted molar refractivity (Wildman–Crippen MR) is 122 cm³/mol. The monoisotopic (exact) mass is 425 g/mol. The number of aromatic nitrogens is 2. The van der Waals surface area contributed by atoms with Gasteiger partial charge in [0.1, 0.15) is 17.3 Å². The second-order valence-electron chi connectivity index (χ2n) is 6.49. The van der Waals surface area contributed by atoms with Gasteiger partial charge in [0.2, 0.25) is 0 Å². The van der Waals surface area contributed by atoms with Crippen LogP contribution < -0.4 is 25.8 Å². The molecule has 8 heteroatoms. The van der Waals surface area contributed by atoms with Gasteiger partial charge in [0.15, 0.2) is 0 Å². The van der Waals surface area contributed by atoms with E-state index in [9.17, 15) is 4.79 Å². The van der Waals surface area contributed by atoms with Gasteiger partial charge in [-0.15, -0.1) is 0 Å². The van der Waals surface area contributed by atoms with Gasteiger partial charge in [-0.05, 0) is 48.0 Å². The van der Waals surface area contributed by atoms with Crippen molar-refractivity contribution >= 4 is 34.1 Å². The Labute approximate surface area is 190 Å². The lowest BCUT2D eigenvalue weighted by Gasteiger charge is -2.13. The van der Waals surface area contributed by atoms with Gasteiger partial charge < -0.3 is 30.8 Å². The van der Waals surface area contributed by atoms with Crippen molar-refractivity contribution in [3.63, 3.8) is 0 Å². The SMILES string of the molecule is [2H]C([2H])([2H])Oc1ccc(OC([2H])([2H])[2H])c(NC(=O)Nc2cccc3[nH]c(C([2H])([2H])c4ccnc(N)c4)cc23)c1. The fourth-order valence-corrected chi connectivity index (χ4v) is 3.05. The summed E-state index contributed by atoms with van der Waals surface area (Å²) in [5, 5.41) is 5.57. The Hall–Kier alpha value is -4.20. The number of ether oxygens (including phenoxy) is 2. The number of nitrogens with one attached hydrogen (secondary N) is 3. The number of methoxy groups -OCH3 is 2. The predicted octanol–water partition coefficient (Wildman–Crippen LogP) is 4.40. The summed E-state index contributed by atoms with van der Waals surface area (Å²) in [5.41, 5.74) is 6.90. The largest absolute Gasteiger partial charge is 0.497 e. The summed E-state index contributed by atoms with van der Waals surface area (Å²) in [6.45, 7) is 0. The molecule has 0 saturated carbocycles. The van der Waals surface area contributed by atoms with E-state index in [1.54, 1.807) is 24.3 Å². The number of nitrogens with zero attached hydrogens (tertiary/aromatic N) is 1. The lowest BCUT2D eigenvalue weighted by molar-refractivity contribution is 0.262. The summed E-state index contributed by atoms with van der Waals surface area (Å²) < 4.78 is 70.9. The molecule has 2 aromatic heterocycles. The van der Waals surface area contributed by atoms with Crippen molar-refractivity contribution < 1.29 is 25.2 Å². The van der Waals surface area contributed by atoms with Crippen molar-refractivity contribution in [2.45, 2.75) is 6.37 Å². The number of hydrogen-bond donors (Lipinski definition) is 4. The lowest BCUT2D eigenvalue weighted by atomic mass is 10.1. The molecule has 0 aliphatic rings. The van der Waals surface area contributed by atoms with Crippen LogP contribution >= 0.6 is 0 Å². The first-order valence-electron chi connectivity index (χ1n) is 13.0. The van der Waals surface area contributed by atoms with Crippen LogP contribution in [0.25, 0.3) is 10.9 Å². The molecule has 4 aromatic rings. The molecule has 0 bridgehead atoms. The van der Waals surface area contributed by atoms with Crippen molar-refractivity contribution in [2.24, 2.45) is 0 Å². The van der Waals surface area contributed by atoms with Crippen molar-refractivity contribution in [2.75, 3.05) is 30.4 Å². The molecule has 5 N–H and O–H groups in total. The number of aromatic amines is 1. The first-order valence-corrected chi connectivity index (χ1v) is 9.05. The van der Waals surface area contributed by atoms with Crippen LogP contribution in [0.1, 0.15) is 22.2 Å². The van der Waals surface area contributed by atoms with Crippen LogP contribution in [-0.2, 0) is 6.37 Å². The molecule has 31 heavy (non-hydrogen) atoms. The number of nitrogen functional groups attached to an aromatic ring is 1. The zero-order valence-electron chi connectivity index (χ0n) is 24.0. The molecule has 0 saturated heterocycles. The Morgan fingerprint density at radius 3 is 2.84 bits per heavy atom. The number of carbonyl (C=O) groups excluding carboxylic acids is 1. The summed E-state index contributed by atoms with van der Waals surface area (Å²) in [7, 11) is -5.62. The van der Waals surface area contributed by atoms with Gasteiger partial charge in [-0.1, -0.05) is 6.07 Å². The van der Waals surface area contributed by atoms with E-state index in [-0.39, 0.29) is 34.3 Å². The van der Waals surface area contributed by atoms with Crippen LogP contribution in [0.5, 0.6) is 11.5 Å². The highest BCUT2D eigenvalue weighted by Gasteiger charge is 2.12. The van der Waals surface area contributed by atoms with E-state index in [1.807, 2.05) is 0 Å². The van der Waals surface area contributed by atoms with Gasteiger partial charge in [0.25, 0.3) is 0 Å². The first-order chi connectivity index (χ1) is 18.1. The molecule has 158 valence electrons. The van der Waals surface area contributed by atoms with Gasteiger partial charge in [0.05, 0.1) is 33.7 Å². The molecule has 0 aliphatic heterocycles. The number of pyridine rings is 1. The third-order valence-electron chi connectivity index (χ3n) is 4.40. The quantitative estimate of drug-likeness (QED) is 0.366. The number of H-pyrrole nitrogens is 1. The molecular weight excluding hydrogens is 394 g/mol. The van der Waals surface area contributed by atoms with E-state index in [4.69, 9.17) is 26.2 Å². The van der Waals surface area contributed by atoms with E-state index < -0.39 is 26.5 Å². The average molecular weight is 426 g/mol. The molecule has 0 aliphatic carbocycles. The molecular formula is C23H23N5O3. The molecule has 0 atom stereocenters. The minimum Gasteiger partial charge on any atom is -0.497 e. The Morgan fingerprint density at radius 1 is 1.13 bits per heavy atom. The van der Waals surface area contributed by atoms with Crippen LogP contribution in [0.2, 0.25) is 0 Å². The number of rotatable bonds is 6. The van der Waals surface area contributed by atoms with Gasteiger partial charge in [-0.3, -0.25) is 0 Å². The number of urea groups is 1. The number of fused-ring (bicyclic) bond motifs is 1. The van der Waals surface area contributed by atoms with Crippen LogP contribution in [0, 0.1) is 0 Å². The molecule has 0 spiro atoms. The maximum Gasteiger partial charge on any atom is 0.323 e. The van der Waals surface area contributed by atoms with E-state index in [0.717, 1.165) is 12.1 Å². The average Bonchev–Trinajstić information content (AvgIpc) is 3.25. The number of anilines is 3. The third kappa shape index (κ3) is 4.53. The Kier molecular flexibility index (Phi) is 3.49. The van der Waals surface area contributed by atoms with Crippen LogP contribution in [0.3, 0.4) is 0 Å². The Bertz CT molecular complexity index is 1520. The number of hydrogen-bond acceptors (Lipinski definition) is 5. The number of carbonyl (C=O) groups is 1. The van der Waals surface area contributed by atoms with E-state index in [1.165, 1.54) is 24.4 Å². The van der Waals surface area contributed by atoms with Crippen molar-refractivity contribution in [3.8, 4) is 11.5 Å².